The molecule has 2 aromatic heterocycles. The van der Waals surface area contributed by atoms with E-state index in [4.69, 9.17) is 0 Å². The zero-order valence-electron chi connectivity index (χ0n) is 26.3. The molecule has 49 heavy (non-hydrogen) atoms. The second-order valence-electron chi connectivity index (χ2n) is 13.5. The van der Waals surface area contributed by atoms with E-state index in [1.54, 1.807) is 0 Å². The predicted octanol–water partition coefficient (Wildman–Crippen LogP) is 11.9. The molecule has 0 radical (unpaired) electrons. The standard InChI is InChI=1S/C46H26N2S/c1-4-12-36-31(9-1)32-22-21-29(27-17-19-28(20-18-27)30-25-47-26-30)23-38(32)46(36)37-13-5-7-15-41(37)48-40-14-6-2-11-34(40)43-44(48)39(46)24-35-33-10-3-8-16-42(33)49-45(35)43/h1-26H. The van der Waals surface area contributed by atoms with Crippen LogP contribution in [0.5, 0.6) is 0 Å². The third-order valence-electron chi connectivity index (χ3n) is 11.3. The number of allylic oxidation sites excluding steroid dienone is 1. The summed E-state index contributed by atoms with van der Waals surface area (Å²) in [6.07, 6.45) is 3.86. The molecule has 0 saturated carbocycles. The van der Waals surface area contributed by atoms with Crippen LogP contribution >= 0.6 is 11.3 Å². The molecule has 1 aliphatic carbocycles. The topological polar surface area (TPSA) is 17.3 Å². The molecule has 9 aromatic rings. The van der Waals surface area contributed by atoms with E-state index in [2.05, 4.69) is 155 Å². The molecule has 226 valence electrons. The molecular formula is C46H26N2S. The quantitative estimate of drug-likeness (QED) is 0.179. The second-order valence-corrected chi connectivity index (χ2v) is 14.5. The number of hydrogen-bond donors (Lipinski definition) is 0. The SMILES string of the molecule is C1=NC=C1c1ccc(-c2ccc3c(c2)C2(c4ccccc4-3)c3ccccc3-n3c4ccccc4c4c5sc6ccccc6c5cc2c43)cc1. The van der Waals surface area contributed by atoms with Crippen LogP contribution in [0.1, 0.15) is 27.8 Å². The lowest BCUT2D eigenvalue weighted by Gasteiger charge is -2.39. The van der Waals surface area contributed by atoms with Gasteiger partial charge in [0.05, 0.1) is 22.1 Å². The Labute approximate surface area is 286 Å². The minimum atomic E-state index is -0.495. The molecule has 3 aliphatic rings. The highest BCUT2D eigenvalue weighted by molar-refractivity contribution is 7.26. The Balaban J connectivity index is 1.27. The van der Waals surface area contributed by atoms with Crippen molar-refractivity contribution in [1.82, 2.24) is 4.57 Å². The van der Waals surface area contributed by atoms with Crippen LogP contribution in [0.15, 0.2) is 157 Å². The van der Waals surface area contributed by atoms with Crippen molar-refractivity contribution in [3.63, 3.8) is 0 Å². The van der Waals surface area contributed by atoms with Crippen LogP contribution in [0.25, 0.3) is 75.5 Å². The van der Waals surface area contributed by atoms with Gasteiger partial charge in [-0.15, -0.1) is 11.3 Å². The Morgan fingerprint density at radius 1 is 0.531 bits per heavy atom. The van der Waals surface area contributed by atoms with Gasteiger partial charge >= 0.3 is 0 Å². The van der Waals surface area contributed by atoms with Gasteiger partial charge in [-0.05, 0) is 80.4 Å². The van der Waals surface area contributed by atoms with Crippen molar-refractivity contribution >= 4 is 65.1 Å². The van der Waals surface area contributed by atoms with Gasteiger partial charge in [0.1, 0.15) is 0 Å². The Morgan fingerprint density at radius 3 is 2.08 bits per heavy atom. The summed E-state index contributed by atoms with van der Waals surface area (Å²) in [5.41, 5.74) is 16.2. The molecule has 3 heteroatoms. The van der Waals surface area contributed by atoms with Crippen molar-refractivity contribution in [2.24, 2.45) is 4.99 Å². The van der Waals surface area contributed by atoms with Gasteiger partial charge in [0.25, 0.3) is 0 Å². The Bertz CT molecular complexity index is 2990. The summed E-state index contributed by atoms with van der Waals surface area (Å²) in [4.78, 5) is 4.17. The third-order valence-corrected chi connectivity index (χ3v) is 12.5. The van der Waals surface area contributed by atoms with Crippen LogP contribution < -0.4 is 0 Å². The zero-order chi connectivity index (χ0) is 31.8. The maximum absolute atomic E-state index is 4.17. The lowest BCUT2D eigenvalue weighted by Crippen LogP contribution is -2.33. The van der Waals surface area contributed by atoms with E-state index in [1.807, 2.05) is 23.8 Å². The molecule has 1 spiro atoms. The van der Waals surface area contributed by atoms with Crippen LogP contribution in [-0.2, 0) is 5.41 Å². The van der Waals surface area contributed by atoms with E-state index >= 15 is 0 Å². The van der Waals surface area contributed by atoms with Gasteiger partial charge in [0.15, 0.2) is 0 Å². The molecule has 7 aromatic carbocycles. The van der Waals surface area contributed by atoms with Gasteiger partial charge in [-0.25, -0.2) is 0 Å². The maximum atomic E-state index is 4.17. The van der Waals surface area contributed by atoms with E-state index in [0.717, 1.165) is 0 Å². The smallest absolute Gasteiger partial charge is 0.0754 e. The van der Waals surface area contributed by atoms with Crippen molar-refractivity contribution in [1.29, 1.82) is 0 Å². The monoisotopic (exact) mass is 638 g/mol. The van der Waals surface area contributed by atoms with Crippen LogP contribution in [0.4, 0.5) is 0 Å². The molecule has 1 unspecified atom stereocenters. The fourth-order valence-electron chi connectivity index (χ4n) is 9.19. The Kier molecular flexibility index (Phi) is 4.83. The predicted molar refractivity (Wildman–Crippen MR) is 206 cm³/mol. The van der Waals surface area contributed by atoms with Crippen LogP contribution in [0.2, 0.25) is 0 Å². The van der Waals surface area contributed by atoms with Crippen molar-refractivity contribution in [2.75, 3.05) is 0 Å². The molecule has 0 N–H and O–H groups in total. The van der Waals surface area contributed by atoms with Crippen molar-refractivity contribution < 1.29 is 0 Å². The first-order valence-electron chi connectivity index (χ1n) is 16.9. The summed E-state index contributed by atoms with van der Waals surface area (Å²) >= 11 is 1.93. The van der Waals surface area contributed by atoms with Crippen molar-refractivity contribution in [3.05, 3.63) is 180 Å². The molecule has 4 heterocycles. The number of aromatic nitrogens is 1. The number of para-hydroxylation sites is 2. The fourth-order valence-corrected chi connectivity index (χ4v) is 10.4. The largest absolute Gasteiger partial charge is 0.309 e. The van der Waals surface area contributed by atoms with Gasteiger partial charge in [0, 0.05) is 48.9 Å². The van der Waals surface area contributed by atoms with Gasteiger partial charge in [-0.3, -0.25) is 4.99 Å². The summed E-state index contributed by atoms with van der Waals surface area (Å²) in [7, 11) is 0. The Morgan fingerprint density at radius 2 is 1.22 bits per heavy atom. The van der Waals surface area contributed by atoms with Gasteiger partial charge in [-0.2, -0.15) is 0 Å². The average Bonchev–Trinajstić information content (AvgIpc) is 3.77. The number of aliphatic imine (C=N–C) groups is 1. The maximum Gasteiger partial charge on any atom is 0.0754 e. The molecule has 2 aliphatic heterocycles. The highest BCUT2D eigenvalue weighted by Crippen LogP contribution is 2.62. The summed E-state index contributed by atoms with van der Waals surface area (Å²) in [5.74, 6) is 0. The molecular weight excluding hydrogens is 613 g/mol. The van der Waals surface area contributed by atoms with Gasteiger partial charge in [-0.1, -0.05) is 115 Å². The zero-order valence-corrected chi connectivity index (χ0v) is 27.1. The first-order valence-corrected chi connectivity index (χ1v) is 17.7. The van der Waals surface area contributed by atoms with E-state index in [-0.39, 0.29) is 0 Å². The van der Waals surface area contributed by atoms with Gasteiger partial charge < -0.3 is 4.57 Å². The molecule has 0 amide bonds. The minimum Gasteiger partial charge on any atom is -0.309 e. The number of thiophene rings is 1. The molecule has 12 rings (SSSR count). The lowest BCUT2D eigenvalue weighted by atomic mass is 9.65. The van der Waals surface area contributed by atoms with Crippen molar-refractivity contribution in [2.45, 2.75) is 5.41 Å². The van der Waals surface area contributed by atoms with Crippen LogP contribution in [0, 0.1) is 0 Å². The summed E-state index contributed by atoms with van der Waals surface area (Å²) < 4.78 is 5.27. The molecule has 0 bridgehead atoms. The minimum absolute atomic E-state index is 0.495. The van der Waals surface area contributed by atoms with E-state index < -0.39 is 5.41 Å². The molecule has 0 saturated heterocycles. The average molecular weight is 639 g/mol. The first-order chi connectivity index (χ1) is 24.3. The second kappa shape index (κ2) is 9.10. The van der Waals surface area contributed by atoms with E-state index in [9.17, 15) is 0 Å². The number of nitrogens with zero attached hydrogens (tertiary/aromatic N) is 2. The Hall–Kier alpha value is -6.03. The van der Waals surface area contributed by atoms with E-state index in [1.165, 1.54) is 103 Å². The number of hydrogen-bond acceptors (Lipinski definition) is 2. The highest BCUT2D eigenvalue weighted by atomic mass is 32.1. The van der Waals surface area contributed by atoms with E-state index in [0.29, 0.717) is 0 Å². The number of benzene rings is 7. The number of fused-ring (bicyclic) bond motifs is 16. The third kappa shape index (κ3) is 3.10. The normalized spacial score (nSPS) is 16.7. The summed E-state index contributed by atoms with van der Waals surface area (Å²) in [6.45, 7) is 0. The number of rotatable bonds is 2. The van der Waals surface area contributed by atoms with Gasteiger partial charge in [0.2, 0.25) is 0 Å². The highest BCUT2D eigenvalue weighted by Gasteiger charge is 2.51. The molecule has 1 atom stereocenters. The fraction of sp³-hybridized carbons (Fsp3) is 0.0217. The molecule has 0 fully saturated rings. The van der Waals surface area contributed by atoms with Crippen LogP contribution in [-0.4, -0.2) is 10.8 Å². The lowest BCUT2D eigenvalue weighted by molar-refractivity contribution is 0.750. The first kappa shape index (κ1) is 26.0. The molecule has 2 nitrogen and oxygen atoms in total. The van der Waals surface area contributed by atoms with Crippen molar-refractivity contribution in [3.8, 4) is 27.9 Å². The van der Waals surface area contributed by atoms with Crippen LogP contribution in [0.3, 0.4) is 0 Å². The summed E-state index contributed by atoms with van der Waals surface area (Å²) in [6, 6.07) is 54.9. The summed E-state index contributed by atoms with van der Waals surface area (Å²) in [5, 5.41) is 5.36.